The van der Waals surface area contributed by atoms with Gasteiger partial charge in [0.1, 0.15) is 24.5 Å². The molecular formula is C27H31NO6. The summed E-state index contributed by atoms with van der Waals surface area (Å²) in [5.74, 6) is -0.287. The predicted octanol–water partition coefficient (Wildman–Crippen LogP) is 3.78. The fraction of sp³-hybridized carbons (Fsp3) is 0.444. The molecule has 0 spiro atoms. The number of benzene rings is 2. The van der Waals surface area contributed by atoms with Gasteiger partial charge in [-0.3, -0.25) is 9.59 Å². The fourth-order valence-electron chi connectivity index (χ4n) is 5.18. The molecule has 2 aromatic carbocycles. The molecule has 2 fully saturated rings. The van der Waals surface area contributed by atoms with E-state index in [4.69, 9.17) is 14.2 Å². The van der Waals surface area contributed by atoms with Crippen LogP contribution in [0.2, 0.25) is 0 Å². The molecule has 34 heavy (non-hydrogen) atoms. The van der Waals surface area contributed by atoms with Crippen LogP contribution in [0.1, 0.15) is 50.2 Å². The van der Waals surface area contributed by atoms with Crippen LogP contribution in [0.15, 0.2) is 54.6 Å². The number of rotatable bonds is 7. The maximum atomic E-state index is 14.1. The summed E-state index contributed by atoms with van der Waals surface area (Å²) < 4.78 is 16.3. The topological polar surface area (TPSA) is 82.1 Å². The van der Waals surface area contributed by atoms with E-state index in [1.807, 2.05) is 54.6 Å². The number of carbonyl (C=O) groups is 3. The Kier molecular flexibility index (Phi) is 7.20. The summed E-state index contributed by atoms with van der Waals surface area (Å²) in [5.41, 5.74) is 1.08. The lowest BCUT2D eigenvalue weighted by molar-refractivity contribution is -0.156. The van der Waals surface area contributed by atoms with Gasteiger partial charge in [0.25, 0.3) is 0 Å². The molecule has 2 aliphatic rings. The van der Waals surface area contributed by atoms with Gasteiger partial charge >= 0.3 is 11.9 Å². The number of hydrogen-bond donors (Lipinski definition) is 0. The molecule has 180 valence electrons. The standard InChI is InChI=1S/C27H31NO6/c1-19(29)34-23-16-24(25(30)33-18-20-8-4-3-5-9-20)28(17-23)26(31)27(14-6-7-15-27)21-10-12-22(32-2)13-11-21/h3-5,8-13,23-24H,6-7,14-18H2,1-2H3/t23-,24-/m1/s1. The summed E-state index contributed by atoms with van der Waals surface area (Å²) >= 11 is 0. The summed E-state index contributed by atoms with van der Waals surface area (Å²) in [6.45, 7) is 1.64. The van der Waals surface area contributed by atoms with Gasteiger partial charge in [-0.1, -0.05) is 55.3 Å². The third kappa shape index (κ3) is 4.93. The second-order valence-electron chi connectivity index (χ2n) is 9.05. The average Bonchev–Trinajstić information content (AvgIpc) is 3.51. The van der Waals surface area contributed by atoms with Crippen LogP contribution in [0, 0.1) is 0 Å². The van der Waals surface area contributed by atoms with Gasteiger partial charge in [0.15, 0.2) is 0 Å². The first-order valence-corrected chi connectivity index (χ1v) is 11.8. The van der Waals surface area contributed by atoms with Crippen LogP contribution in [0.5, 0.6) is 5.75 Å². The van der Waals surface area contributed by atoms with Crippen molar-refractivity contribution in [3.63, 3.8) is 0 Å². The van der Waals surface area contributed by atoms with Crippen molar-refractivity contribution in [3.05, 3.63) is 65.7 Å². The zero-order chi connectivity index (χ0) is 24.1. The molecule has 0 bridgehead atoms. The monoisotopic (exact) mass is 465 g/mol. The van der Waals surface area contributed by atoms with Gasteiger partial charge in [0.05, 0.1) is 19.1 Å². The van der Waals surface area contributed by atoms with E-state index >= 15 is 0 Å². The van der Waals surface area contributed by atoms with Crippen molar-refractivity contribution >= 4 is 17.8 Å². The summed E-state index contributed by atoms with van der Waals surface area (Å²) in [5, 5.41) is 0. The van der Waals surface area contributed by atoms with E-state index < -0.39 is 29.5 Å². The minimum Gasteiger partial charge on any atom is -0.497 e. The normalized spacial score (nSPS) is 21.2. The molecular weight excluding hydrogens is 434 g/mol. The predicted molar refractivity (Wildman–Crippen MR) is 125 cm³/mol. The second-order valence-corrected chi connectivity index (χ2v) is 9.05. The Bertz CT molecular complexity index is 1010. The second kappa shape index (κ2) is 10.3. The number of nitrogens with zero attached hydrogens (tertiary/aromatic N) is 1. The lowest BCUT2D eigenvalue weighted by atomic mass is 9.77. The molecule has 0 aromatic heterocycles. The Morgan fingerprint density at radius 1 is 1.00 bits per heavy atom. The van der Waals surface area contributed by atoms with Crippen molar-refractivity contribution in [2.75, 3.05) is 13.7 Å². The van der Waals surface area contributed by atoms with Crippen LogP contribution in [-0.4, -0.2) is 48.5 Å². The van der Waals surface area contributed by atoms with Crippen molar-refractivity contribution in [1.29, 1.82) is 0 Å². The zero-order valence-electron chi connectivity index (χ0n) is 19.7. The Morgan fingerprint density at radius 3 is 2.29 bits per heavy atom. The molecule has 1 amide bonds. The van der Waals surface area contributed by atoms with Crippen LogP contribution in [0.4, 0.5) is 0 Å². The van der Waals surface area contributed by atoms with Crippen molar-refractivity contribution in [3.8, 4) is 5.75 Å². The van der Waals surface area contributed by atoms with Gasteiger partial charge in [0, 0.05) is 13.3 Å². The number of likely N-dealkylation sites (tertiary alicyclic amines) is 1. The largest absolute Gasteiger partial charge is 0.497 e. The number of ether oxygens (including phenoxy) is 3. The highest BCUT2D eigenvalue weighted by molar-refractivity contribution is 5.93. The molecule has 1 saturated heterocycles. The van der Waals surface area contributed by atoms with Gasteiger partial charge in [0.2, 0.25) is 5.91 Å². The van der Waals surface area contributed by atoms with E-state index in [9.17, 15) is 14.4 Å². The maximum absolute atomic E-state index is 14.1. The van der Waals surface area contributed by atoms with E-state index in [2.05, 4.69) is 0 Å². The molecule has 1 aliphatic heterocycles. The quantitative estimate of drug-likeness (QED) is 0.579. The molecule has 4 rings (SSSR count). The van der Waals surface area contributed by atoms with E-state index in [0.717, 1.165) is 29.7 Å². The molecule has 0 N–H and O–H groups in total. The van der Waals surface area contributed by atoms with Crippen molar-refractivity contribution in [1.82, 2.24) is 4.90 Å². The van der Waals surface area contributed by atoms with Gasteiger partial charge in [-0.25, -0.2) is 4.79 Å². The van der Waals surface area contributed by atoms with Crippen molar-refractivity contribution < 1.29 is 28.6 Å². The first-order valence-electron chi connectivity index (χ1n) is 11.8. The van der Waals surface area contributed by atoms with Gasteiger partial charge < -0.3 is 19.1 Å². The molecule has 0 unspecified atom stereocenters. The lowest BCUT2D eigenvalue weighted by Crippen LogP contribution is -2.50. The lowest BCUT2D eigenvalue weighted by Gasteiger charge is -2.35. The number of amides is 1. The Labute approximate surface area is 200 Å². The number of hydrogen-bond acceptors (Lipinski definition) is 6. The third-order valence-electron chi connectivity index (χ3n) is 6.86. The van der Waals surface area contributed by atoms with Gasteiger partial charge in [-0.15, -0.1) is 0 Å². The smallest absolute Gasteiger partial charge is 0.329 e. The van der Waals surface area contributed by atoms with Gasteiger partial charge in [-0.2, -0.15) is 0 Å². The van der Waals surface area contributed by atoms with E-state index in [1.54, 1.807) is 12.0 Å². The molecule has 1 saturated carbocycles. The van der Waals surface area contributed by atoms with E-state index in [0.29, 0.717) is 12.8 Å². The Morgan fingerprint density at radius 2 is 1.68 bits per heavy atom. The minimum atomic E-state index is -0.795. The average molecular weight is 466 g/mol. The van der Waals surface area contributed by atoms with Crippen LogP contribution >= 0.6 is 0 Å². The first-order chi connectivity index (χ1) is 16.4. The first kappa shape index (κ1) is 23.8. The summed E-state index contributed by atoms with van der Waals surface area (Å²) in [7, 11) is 1.61. The summed E-state index contributed by atoms with van der Waals surface area (Å²) in [6.07, 6.45) is 2.98. The molecule has 1 aliphatic carbocycles. The highest BCUT2D eigenvalue weighted by atomic mass is 16.5. The number of carbonyl (C=O) groups excluding carboxylic acids is 3. The molecule has 7 heteroatoms. The summed E-state index contributed by atoms with van der Waals surface area (Å²) in [4.78, 5) is 40.4. The Hall–Kier alpha value is -3.35. The third-order valence-corrected chi connectivity index (χ3v) is 6.86. The number of methoxy groups -OCH3 is 1. The molecule has 7 nitrogen and oxygen atoms in total. The fourth-order valence-corrected chi connectivity index (χ4v) is 5.18. The minimum absolute atomic E-state index is 0.105. The highest BCUT2D eigenvalue weighted by Gasteiger charge is 2.51. The molecule has 1 heterocycles. The molecule has 0 radical (unpaired) electrons. The number of esters is 2. The van der Waals surface area contributed by atoms with Crippen LogP contribution in [-0.2, 0) is 35.9 Å². The summed E-state index contributed by atoms with van der Waals surface area (Å²) in [6, 6.07) is 16.2. The molecule has 2 atom stereocenters. The SMILES string of the molecule is COc1ccc(C2(C(=O)N3C[C@H](OC(C)=O)C[C@@H]3C(=O)OCc3ccccc3)CCCC2)cc1. The van der Waals surface area contributed by atoms with Crippen LogP contribution in [0.25, 0.3) is 0 Å². The maximum Gasteiger partial charge on any atom is 0.329 e. The van der Waals surface area contributed by atoms with E-state index in [-0.39, 0.29) is 25.5 Å². The van der Waals surface area contributed by atoms with Gasteiger partial charge in [-0.05, 0) is 36.1 Å². The zero-order valence-corrected chi connectivity index (χ0v) is 19.7. The van der Waals surface area contributed by atoms with Crippen molar-refractivity contribution in [2.24, 2.45) is 0 Å². The van der Waals surface area contributed by atoms with Crippen molar-refractivity contribution in [2.45, 2.75) is 63.2 Å². The van der Waals surface area contributed by atoms with Crippen LogP contribution < -0.4 is 4.74 Å². The van der Waals surface area contributed by atoms with E-state index in [1.165, 1.54) is 6.92 Å². The Balaban J connectivity index is 1.58. The highest BCUT2D eigenvalue weighted by Crippen LogP contribution is 2.44. The van der Waals surface area contributed by atoms with Crippen LogP contribution in [0.3, 0.4) is 0 Å². The molecule has 2 aromatic rings.